The molecule has 6 heteroatoms. The molecule has 0 aliphatic carbocycles. The molecule has 0 saturated carbocycles. The van der Waals surface area contributed by atoms with E-state index in [-0.39, 0.29) is 0 Å². The molecular weight excluding hydrogens is 348 g/mol. The number of hydrogen-bond acceptors (Lipinski definition) is 4. The molecule has 0 bridgehead atoms. The molecule has 0 unspecified atom stereocenters. The van der Waals surface area contributed by atoms with Crippen molar-refractivity contribution in [3.63, 3.8) is 0 Å². The molecule has 1 heterocycles. The first-order chi connectivity index (χ1) is 10.2. The van der Waals surface area contributed by atoms with Crippen molar-refractivity contribution >= 4 is 27.7 Å². The van der Waals surface area contributed by atoms with E-state index in [1.807, 2.05) is 24.3 Å². The van der Waals surface area contributed by atoms with Crippen molar-refractivity contribution in [2.75, 3.05) is 0 Å². The van der Waals surface area contributed by atoms with Crippen LogP contribution in [0.1, 0.15) is 11.1 Å². The van der Waals surface area contributed by atoms with Gasteiger partial charge in [-0.25, -0.2) is 0 Å². The molecule has 106 valence electrons. The lowest BCUT2D eigenvalue weighted by molar-refractivity contribution is 0.756. The third-order valence-electron chi connectivity index (χ3n) is 2.98. The van der Waals surface area contributed by atoms with Gasteiger partial charge in [0.25, 0.3) is 0 Å². The van der Waals surface area contributed by atoms with E-state index in [1.165, 1.54) is 11.1 Å². The van der Waals surface area contributed by atoms with Gasteiger partial charge in [-0.1, -0.05) is 57.5 Å². The van der Waals surface area contributed by atoms with Gasteiger partial charge in [-0.3, -0.25) is 0 Å². The van der Waals surface area contributed by atoms with Crippen molar-refractivity contribution in [3.8, 4) is 5.69 Å². The lowest BCUT2D eigenvalue weighted by Crippen LogP contribution is -1.99. The molecule has 3 rings (SSSR count). The van der Waals surface area contributed by atoms with Crippen LogP contribution >= 0.6 is 27.7 Å². The predicted octanol–water partition coefficient (Wildman–Crippen LogP) is 4.03. The molecule has 0 fully saturated rings. The van der Waals surface area contributed by atoms with Crippen molar-refractivity contribution in [2.24, 2.45) is 0 Å². The van der Waals surface area contributed by atoms with E-state index < -0.39 is 0 Å². The van der Waals surface area contributed by atoms with Gasteiger partial charge in [-0.15, -0.1) is 5.10 Å². The first kappa shape index (κ1) is 14.3. The van der Waals surface area contributed by atoms with Gasteiger partial charge in [-0.2, -0.15) is 4.68 Å². The lowest BCUT2D eigenvalue weighted by atomic mass is 10.2. The van der Waals surface area contributed by atoms with E-state index in [2.05, 4.69) is 62.6 Å². The Balaban J connectivity index is 1.78. The molecule has 0 atom stereocenters. The van der Waals surface area contributed by atoms with Crippen LogP contribution in [0.25, 0.3) is 5.69 Å². The van der Waals surface area contributed by atoms with Gasteiger partial charge in [-0.05, 0) is 47.2 Å². The van der Waals surface area contributed by atoms with Crippen molar-refractivity contribution in [1.82, 2.24) is 20.2 Å². The molecule has 0 N–H and O–H groups in total. The monoisotopic (exact) mass is 360 g/mol. The minimum absolute atomic E-state index is 0.791. The maximum Gasteiger partial charge on any atom is 0.214 e. The highest BCUT2D eigenvalue weighted by Crippen LogP contribution is 2.23. The summed E-state index contributed by atoms with van der Waals surface area (Å²) >= 11 is 5.10. The standard InChI is InChI=1S/C15H13BrN4S/c1-11-5-7-14(8-6-11)20-15(17-18-19-20)21-10-12-3-2-4-13(16)9-12/h2-9H,10H2,1H3. The van der Waals surface area contributed by atoms with Crippen molar-refractivity contribution in [3.05, 3.63) is 64.1 Å². The summed E-state index contributed by atoms with van der Waals surface area (Å²) in [6.45, 7) is 2.06. The zero-order chi connectivity index (χ0) is 14.7. The van der Waals surface area contributed by atoms with E-state index in [4.69, 9.17) is 0 Å². The third-order valence-corrected chi connectivity index (χ3v) is 4.46. The fourth-order valence-electron chi connectivity index (χ4n) is 1.89. The summed E-state index contributed by atoms with van der Waals surface area (Å²) in [7, 11) is 0. The Morgan fingerprint density at radius 3 is 2.71 bits per heavy atom. The highest BCUT2D eigenvalue weighted by atomic mass is 79.9. The van der Waals surface area contributed by atoms with E-state index in [9.17, 15) is 0 Å². The minimum Gasteiger partial charge on any atom is -0.188 e. The number of aryl methyl sites for hydroxylation is 1. The number of benzene rings is 2. The molecule has 0 amide bonds. The number of hydrogen-bond donors (Lipinski definition) is 0. The molecule has 3 aromatic rings. The molecule has 1 aromatic heterocycles. The number of nitrogens with zero attached hydrogens (tertiary/aromatic N) is 4. The van der Waals surface area contributed by atoms with E-state index in [1.54, 1.807) is 16.4 Å². The third kappa shape index (κ3) is 3.51. The Morgan fingerprint density at radius 1 is 1.14 bits per heavy atom. The number of halogens is 1. The Morgan fingerprint density at radius 2 is 1.95 bits per heavy atom. The molecule has 0 aliphatic rings. The average Bonchev–Trinajstić information content (AvgIpc) is 2.94. The summed E-state index contributed by atoms with van der Waals surface area (Å²) in [6.07, 6.45) is 0. The molecule has 0 aliphatic heterocycles. The Labute approximate surface area is 135 Å². The highest BCUT2D eigenvalue weighted by molar-refractivity contribution is 9.10. The second-order valence-corrected chi connectivity index (χ2v) is 6.49. The fraction of sp³-hybridized carbons (Fsp3) is 0.133. The largest absolute Gasteiger partial charge is 0.214 e. The van der Waals surface area contributed by atoms with Crippen LogP contribution in [-0.2, 0) is 5.75 Å². The van der Waals surface area contributed by atoms with Gasteiger partial charge in [0, 0.05) is 10.2 Å². The molecule has 0 radical (unpaired) electrons. The van der Waals surface area contributed by atoms with Crippen LogP contribution in [0.15, 0.2) is 58.2 Å². The predicted molar refractivity (Wildman–Crippen MR) is 87.6 cm³/mol. The molecule has 0 saturated heterocycles. The van der Waals surface area contributed by atoms with Crippen LogP contribution in [0.4, 0.5) is 0 Å². The van der Waals surface area contributed by atoms with Gasteiger partial charge >= 0.3 is 0 Å². The molecule has 0 spiro atoms. The maximum absolute atomic E-state index is 4.11. The van der Waals surface area contributed by atoms with Crippen LogP contribution in [0.3, 0.4) is 0 Å². The number of rotatable bonds is 4. The van der Waals surface area contributed by atoms with Crippen LogP contribution in [0, 0.1) is 6.92 Å². The van der Waals surface area contributed by atoms with Gasteiger partial charge < -0.3 is 0 Å². The van der Waals surface area contributed by atoms with Crippen LogP contribution < -0.4 is 0 Å². The quantitative estimate of drug-likeness (QED) is 0.659. The Hall–Kier alpha value is -1.66. The molecule has 21 heavy (non-hydrogen) atoms. The SMILES string of the molecule is Cc1ccc(-n2nnnc2SCc2cccc(Br)c2)cc1. The van der Waals surface area contributed by atoms with Gasteiger partial charge in [0.1, 0.15) is 0 Å². The summed E-state index contributed by atoms with van der Waals surface area (Å²) in [4.78, 5) is 0. The smallest absolute Gasteiger partial charge is 0.188 e. The molecular formula is C15H13BrN4S. The summed E-state index contributed by atoms with van der Waals surface area (Å²) in [5.41, 5.74) is 3.42. The Kier molecular flexibility index (Phi) is 4.36. The van der Waals surface area contributed by atoms with Crippen LogP contribution in [-0.4, -0.2) is 20.2 Å². The zero-order valence-electron chi connectivity index (χ0n) is 11.4. The summed E-state index contributed by atoms with van der Waals surface area (Å²) in [6, 6.07) is 16.4. The van der Waals surface area contributed by atoms with E-state index in [0.717, 1.165) is 21.1 Å². The maximum atomic E-state index is 4.11. The summed E-state index contributed by atoms with van der Waals surface area (Å²) in [5, 5.41) is 12.8. The summed E-state index contributed by atoms with van der Waals surface area (Å²) in [5.74, 6) is 0.825. The topological polar surface area (TPSA) is 43.6 Å². The van der Waals surface area contributed by atoms with Gasteiger partial charge in [0.15, 0.2) is 0 Å². The lowest BCUT2D eigenvalue weighted by Gasteiger charge is -2.05. The first-order valence-corrected chi connectivity index (χ1v) is 8.23. The van der Waals surface area contributed by atoms with Crippen molar-refractivity contribution in [1.29, 1.82) is 0 Å². The fourth-order valence-corrected chi connectivity index (χ4v) is 3.17. The number of thioether (sulfide) groups is 1. The highest BCUT2D eigenvalue weighted by Gasteiger charge is 2.09. The van der Waals surface area contributed by atoms with Crippen molar-refractivity contribution in [2.45, 2.75) is 17.8 Å². The van der Waals surface area contributed by atoms with Crippen molar-refractivity contribution < 1.29 is 0 Å². The average molecular weight is 361 g/mol. The molecule has 2 aromatic carbocycles. The normalized spacial score (nSPS) is 10.8. The first-order valence-electron chi connectivity index (χ1n) is 6.45. The van der Waals surface area contributed by atoms with Gasteiger partial charge in [0.05, 0.1) is 5.69 Å². The van der Waals surface area contributed by atoms with Gasteiger partial charge in [0.2, 0.25) is 5.16 Å². The minimum atomic E-state index is 0.791. The zero-order valence-corrected chi connectivity index (χ0v) is 13.8. The van der Waals surface area contributed by atoms with E-state index >= 15 is 0 Å². The summed E-state index contributed by atoms with van der Waals surface area (Å²) < 4.78 is 2.85. The number of aromatic nitrogens is 4. The van der Waals surface area contributed by atoms with E-state index in [0.29, 0.717) is 0 Å². The second kappa shape index (κ2) is 6.41. The second-order valence-electron chi connectivity index (χ2n) is 4.63. The Bertz CT molecular complexity index is 739. The molecule has 4 nitrogen and oxygen atoms in total. The van der Waals surface area contributed by atoms with Crippen LogP contribution in [0.5, 0.6) is 0 Å². The van der Waals surface area contributed by atoms with Crippen LogP contribution in [0.2, 0.25) is 0 Å². The number of tetrazole rings is 1.